The van der Waals surface area contributed by atoms with Crippen molar-refractivity contribution in [3.8, 4) is 0 Å². The Balaban J connectivity index is 2.16. The van der Waals surface area contributed by atoms with Crippen LogP contribution in [0.15, 0.2) is 0 Å². The summed E-state index contributed by atoms with van der Waals surface area (Å²) in [5.74, 6) is 2.55. The number of fused-ring (bicyclic) bond motifs is 1. The van der Waals surface area contributed by atoms with Crippen LogP contribution in [0, 0.1) is 5.92 Å². The van der Waals surface area contributed by atoms with Gasteiger partial charge in [-0.05, 0) is 18.9 Å². The highest BCUT2D eigenvalue weighted by atomic mass is 16.5. The molecule has 0 fully saturated rings. The first kappa shape index (κ1) is 9.61. The summed E-state index contributed by atoms with van der Waals surface area (Å²) in [5.41, 5.74) is 5.64. The molecule has 1 aromatic heterocycles. The standard InChI is InChI=1S/C9H16N4O/c1-14-6-9-12-11-8-4-7(5-10)2-3-13(8)9/h7H,2-6,10H2,1H3. The third kappa shape index (κ3) is 1.65. The van der Waals surface area contributed by atoms with Gasteiger partial charge in [0.15, 0.2) is 5.82 Å². The van der Waals surface area contributed by atoms with Gasteiger partial charge in [-0.1, -0.05) is 0 Å². The van der Waals surface area contributed by atoms with E-state index in [1.165, 1.54) is 0 Å². The van der Waals surface area contributed by atoms with E-state index in [0.29, 0.717) is 12.5 Å². The predicted molar refractivity (Wildman–Crippen MR) is 51.6 cm³/mol. The van der Waals surface area contributed by atoms with Crippen LogP contribution in [-0.2, 0) is 24.3 Å². The molecule has 0 bridgehead atoms. The van der Waals surface area contributed by atoms with Gasteiger partial charge in [-0.15, -0.1) is 10.2 Å². The van der Waals surface area contributed by atoms with Crippen LogP contribution in [-0.4, -0.2) is 28.4 Å². The van der Waals surface area contributed by atoms with E-state index in [4.69, 9.17) is 10.5 Å². The minimum absolute atomic E-state index is 0.542. The molecule has 0 saturated carbocycles. The van der Waals surface area contributed by atoms with Gasteiger partial charge < -0.3 is 15.0 Å². The maximum absolute atomic E-state index is 5.64. The molecule has 1 unspecified atom stereocenters. The Morgan fingerprint density at radius 2 is 2.43 bits per heavy atom. The van der Waals surface area contributed by atoms with Gasteiger partial charge in [0.2, 0.25) is 0 Å². The second kappa shape index (κ2) is 4.06. The van der Waals surface area contributed by atoms with Gasteiger partial charge in [-0.25, -0.2) is 0 Å². The zero-order valence-electron chi connectivity index (χ0n) is 8.44. The van der Waals surface area contributed by atoms with Crippen LogP contribution in [0.3, 0.4) is 0 Å². The summed E-state index contributed by atoms with van der Waals surface area (Å²) in [7, 11) is 1.67. The Kier molecular flexibility index (Phi) is 2.79. The minimum atomic E-state index is 0.542. The molecule has 0 amide bonds. The van der Waals surface area contributed by atoms with Gasteiger partial charge in [0.05, 0.1) is 0 Å². The molecule has 0 aromatic carbocycles. The maximum atomic E-state index is 5.64. The number of nitrogens with zero attached hydrogens (tertiary/aromatic N) is 3. The molecule has 2 rings (SSSR count). The fraction of sp³-hybridized carbons (Fsp3) is 0.778. The quantitative estimate of drug-likeness (QED) is 0.735. The van der Waals surface area contributed by atoms with Crippen molar-refractivity contribution < 1.29 is 4.74 Å². The first-order valence-corrected chi connectivity index (χ1v) is 4.95. The van der Waals surface area contributed by atoms with Crippen molar-refractivity contribution in [3.05, 3.63) is 11.6 Å². The lowest BCUT2D eigenvalue weighted by molar-refractivity contribution is 0.172. The summed E-state index contributed by atoms with van der Waals surface area (Å²) in [5, 5.41) is 8.25. The molecular weight excluding hydrogens is 180 g/mol. The number of rotatable bonds is 3. The summed E-state index contributed by atoms with van der Waals surface area (Å²) in [6, 6.07) is 0. The minimum Gasteiger partial charge on any atom is -0.377 e. The van der Waals surface area contributed by atoms with Crippen LogP contribution in [0.25, 0.3) is 0 Å². The summed E-state index contributed by atoms with van der Waals surface area (Å²) in [6.45, 7) is 2.26. The van der Waals surface area contributed by atoms with Crippen LogP contribution in [0.4, 0.5) is 0 Å². The third-order valence-corrected chi connectivity index (χ3v) is 2.74. The summed E-state index contributed by atoms with van der Waals surface area (Å²) >= 11 is 0. The number of hydrogen-bond acceptors (Lipinski definition) is 4. The summed E-state index contributed by atoms with van der Waals surface area (Å²) in [4.78, 5) is 0. The average Bonchev–Trinajstić information content (AvgIpc) is 2.61. The molecule has 5 heteroatoms. The van der Waals surface area contributed by atoms with E-state index >= 15 is 0 Å². The Hall–Kier alpha value is -0.940. The number of nitrogens with two attached hydrogens (primary N) is 1. The van der Waals surface area contributed by atoms with Crippen molar-refractivity contribution in [2.75, 3.05) is 13.7 Å². The molecule has 1 aliphatic rings. The first-order valence-electron chi connectivity index (χ1n) is 4.95. The Labute approximate surface area is 83.3 Å². The van der Waals surface area contributed by atoms with Crippen LogP contribution < -0.4 is 5.73 Å². The van der Waals surface area contributed by atoms with Crippen molar-refractivity contribution in [3.63, 3.8) is 0 Å². The second-order valence-electron chi connectivity index (χ2n) is 3.71. The fourth-order valence-electron chi connectivity index (χ4n) is 1.89. The van der Waals surface area contributed by atoms with Crippen molar-refractivity contribution in [1.29, 1.82) is 0 Å². The van der Waals surface area contributed by atoms with Crippen molar-refractivity contribution in [1.82, 2.24) is 14.8 Å². The lowest BCUT2D eigenvalue weighted by atomic mass is 9.98. The maximum Gasteiger partial charge on any atom is 0.159 e. The largest absolute Gasteiger partial charge is 0.377 e. The monoisotopic (exact) mass is 196 g/mol. The predicted octanol–water partition coefficient (Wildman–Crippen LogP) is -0.0544. The number of methoxy groups -OCH3 is 1. The normalized spacial score (nSPS) is 20.9. The number of aromatic nitrogens is 3. The van der Waals surface area contributed by atoms with Gasteiger partial charge in [0.1, 0.15) is 12.4 Å². The van der Waals surface area contributed by atoms with Crippen LogP contribution in [0.2, 0.25) is 0 Å². The number of hydrogen-bond donors (Lipinski definition) is 1. The summed E-state index contributed by atoms with van der Waals surface area (Å²) < 4.78 is 7.21. The molecule has 0 saturated heterocycles. The molecule has 2 heterocycles. The fourth-order valence-corrected chi connectivity index (χ4v) is 1.89. The number of ether oxygens (including phenoxy) is 1. The van der Waals surface area contributed by atoms with E-state index in [9.17, 15) is 0 Å². The van der Waals surface area contributed by atoms with Crippen LogP contribution in [0.5, 0.6) is 0 Å². The molecule has 2 N–H and O–H groups in total. The highest BCUT2D eigenvalue weighted by molar-refractivity contribution is 4.99. The molecule has 1 aromatic rings. The van der Waals surface area contributed by atoms with Crippen molar-refractivity contribution in [2.45, 2.75) is 26.0 Å². The second-order valence-corrected chi connectivity index (χ2v) is 3.71. The van der Waals surface area contributed by atoms with Crippen LogP contribution >= 0.6 is 0 Å². The molecule has 1 atom stereocenters. The van der Waals surface area contributed by atoms with Gasteiger partial charge in [-0.3, -0.25) is 0 Å². The third-order valence-electron chi connectivity index (χ3n) is 2.74. The zero-order valence-corrected chi connectivity index (χ0v) is 8.44. The Bertz CT molecular complexity index is 310. The Morgan fingerprint density at radius 3 is 3.14 bits per heavy atom. The highest BCUT2D eigenvalue weighted by Crippen LogP contribution is 2.19. The zero-order chi connectivity index (χ0) is 9.97. The Morgan fingerprint density at radius 1 is 1.57 bits per heavy atom. The molecule has 78 valence electrons. The molecule has 0 aliphatic carbocycles. The smallest absolute Gasteiger partial charge is 0.159 e. The first-order chi connectivity index (χ1) is 6.85. The van der Waals surface area contributed by atoms with E-state index in [0.717, 1.165) is 37.6 Å². The van der Waals surface area contributed by atoms with Gasteiger partial charge >= 0.3 is 0 Å². The SMILES string of the molecule is COCc1nnc2n1CCC(CN)C2. The molecule has 5 nitrogen and oxygen atoms in total. The molecule has 14 heavy (non-hydrogen) atoms. The topological polar surface area (TPSA) is 66.0 Å². The van der Waals surface area contributed by atoms with Crippen molar-refractivity contribution in [2.24, 2.45) is 11.7 Å². The van der Waals surface area contributed by atoms with E-state index in [-0.39, 0.29) is 0 Å². The van der Waals surface area contributed by atoms with E-state index in [1.807, 2.05) is 0 Å². The molecule has 0 spiro atoms. The molecule has 1 aliphatic heterocycles. The lowest BCUT2D eigenvalue weighted by Crippen LogP contribution is -2.26. The summed E-state index contributed by atoms with van der Waals surface area (Å²) in [6.07, 6.45) is 2.07. The van der Waals surface area contributed by atoms with Gasteiger partial charge in [0, 0.05) is 20.1 Å². The van der Waals surface area contributed by atoms with E-state index in [2.05, 4.69) is 14.8 Å². The van der Waals surface area contributed by atoms with E-state index in [1.54, 1.807) is 7.11 Å². The lowest BCUT2D eigenvalue weighted by Gasteiger charge is -2.21. The van der Waals surface area contributed by atoms with Gasteiger partial charge in [0.25, 0.3) is 0 Å². The van der Waals surface area contributed by atoms with Gasteiger partial charge in [-0.2, -0.15) is 0 Å². The molecule has 0 radical (unpaired) electrons. The van der Waals surface area contributed by atoms with Crippen LogP contribution in [0.1, 0.15) is 18.1 Å². The average molecular weight is 196 g/mol. The highest BCUT2D eigenvalue weighted by Gasteiger charge is 2.21. The molecular formula is C9H16N4O. The van der Waals surface area contributed by atoms with Crippen molar-refractivity contribution >= 4 is 0 Å². The van der Waals surface area contributed by atoms with E-state index < -0.39 is 0 Å².